The van der Waals surface area contributed by atoms with E-state index in [2.05, 4.69) is 29.6 Å². The summed E-state index contributed by atoms with van der Waals surface area (Å²) in [6, 6.07) is 14.6. The SMILES string of the molecule is Nc1cc(Cl)ccc1NC1CCCc2ccccc21. The van der Waals surface area contributed by atoms with Crippen LogP contribution in [0.5, 0.6) is 0 Å². The van der Waals surface area contributed by atoms with Gasteiger partial charge in [-0.1, -0.05) is 35.9 Å². The number of nitrogens with two attached hydrogens (primary N) is 1. The third kappa shape index (κ3) is 2.54. The van der Waals surface area contributed by atoms with Crippen LogP contribution in [-0.4, -0.2) is 0 Å². The van der Waals surface area contributed by atoms with Crippen LogP contribution in [0.2, 0.25) is 5.02 Å². The van der Waals surface area contributed by atoms with Crippen molar-refractivity contribution in [2.24, 2.45) is 0 Å². The van der Waals surface area contributed by atoms with Crippen LogP contribution in [0, 0.1) is 0 Å². The Morgan fingerprint density at radius 3 is 2.84 bits per heavy atom. The molecule has 0 fully saturated rings. The Bertz CT molecular complexity index is 595. The summed E-state index contributed by atoms with van der Waals surface area (Å²) in [5, 5.41) is 4.22. The van der Waals surface area contributed by atoms with Crippen LogP contribution in [0.15, 0.2) is 42.5 Å². The fourth-order valence-electron chi connectivity index (χ4n) is 2.76. The molecule has 3 rings (SSSR count). The highest BCUT2D eigenvalue weighted by Gasteiger charge is 2.19. The van der Waals surface area contributed by atoms with Gasteiger partial charge in [0.15, 0.2) is 0 Å². The number of aryl methyl sites for hydroxylation is 1. The number of rotatable bonds is 2. The van der Waals surface area contributed by atoms with Crippen molar-refractivity contribution in [1.29, 1.82) is 0 Å². The van der Waals surface area contributed by atoms with E-state index in [9.17, 15) is 0 Å². The summed E-state index contributed by atoms with van der Waals surface area (Å²) in [6.45, 7) is 0. The molecule has 2 nitrogen and oxygen atoms in total. The third-order valence-electron chi connectivity index (χ3n) is 3.71. The fraction of sp³-hybridized carbons (Fsp3) is 0.250. The third-order valence-corrected chi connectivity index (χ3v) is 3.95. The van der Waals surface area contributed by atoms with Gasteiger partial charge in [0.1, 0.15) is 0 Å². The van der Waals surface area contributed by atoms with E-state index in [1.54, 1.807) is 6.07 Å². The zero-order valence-electron chi connectivity index (χ0n) is 10.7. The maximum Gasteiger partial charge on any atom is 0.0579 e. The number of hydrogen-bond donors (Lipinski definition) is 2. The second-order valence-electron chi connectivity index (χ2n) is 5.02. The largest absolute Gasteiger partial charge is 0.397 e. The molecule has 0 saturated carbocycles. The molecule has 1 unspecified atom stereocenters. The summed E-state index contributed by atoms with van der Waals surface area (Å²) in [5.41, 5.74) is 10.5. The lowest BCUT2D eigenvalue weighted by molar-refractivity contribution is 0.600. The first-order chi connectivity index (χ1) is 9.24. The molecule has 0 radical (unpaired) electrons. The first kappa shape index (κ1) is 12.4. The van der Waals surface area contributed by atoms with E-state index in [4.69, 9.17) is 17.3 Å². The Hall–Kier alpha value is -1.67. The maximum atomic E-state index is 6.01. The highest BCUT2D eigenvalue weighted by Crippen LogP contribution is 2.34. The lowest BCUT2D eigenvalue weighted by Crippen LogP contribution is -2.17. The molecule has 2 aromatic carbocycles. The summed E-state index contributed by atoms with van der Waals surface area (Å²) in [6.07, 6.45) is 3.52. The van der Waals surface area contributed by atoms with Gasteiger partial charge in [-0.25, -0.2) is 0 Å². The Balaban J connectivity index is 1.88. The van der Waals surface area contributed by atoms with Gasteiger partial charge in [0.2, 0.25) is 0 Å². The predicted molar refractivity (Wildman–Crippen MR) is 81.6 cm³/mol. The number of benzene rings is 2. The van der Waals surface area contributed by atoms with Crippen molar-refractivity contribution in [1.82, 2.24) is 0 Å². The molecule has 2 aromatic rings. The van der Waals surface area contributed by atoms with Gasteiger partial charge < -0.3 is 11.1 Å². The first-order valence-electron chi connectivity index (χ1n) is 6.63. The summed E-state index contributed by atoms with van der Waals surface area (Å²) in [5.74, 6) is 0. The van der Waals surface area contributed by atoms with Crippen LogP contribution >= 0.6 is 11.6 Å². The highest BCUT2D eigenvalue weighted by molar-refractivity contribution is 6.31. The molecule has 1 atom stereocenters. The molecule has 0 spiro atoms. The molecule has 1 aliphatic rings. The second kappa shape index (κ2) is 5.14. The number of halogens is 1. The van der Waals surface area contributed by atoms with E-state index in [1.165, 1.54) is 24.0 Å². The molecule has 98 valence electrons. The Kier molecular flexibility index (Phi) is 3.34. The monoisotopic (exact) mass is 272 g/mol. The van der Waals surface area contributed by atoms with Crippen LogP contribution in [-0.2, 0) is 6.42 Å². The molecule has 0 amide bonds. The molecular formula is C16H17ClN2. The number of anilines is 2. The molecule has 19 heavy (non-hydrogen) atoms. The summed E-state index contributed by atoms with van der Waals surface area (Å²) < 4.78 is 0. The zero-order chi connectivity index (χ0) is 13.2. The lowest BCUT2D eigenvalue weighted by Gasteiger charge is -2.27. The highest BCUT2D eigenvalue weighted by atomic mass is 35.5. The van der Waals surface area contributed by atoms with Gasteiger partial charge in [-0.2, -0.15) is 0 Å². The van der Waals surface area contributed by atoms with Crippen molar-refractivity contribution >= 4 is 23.0 Å². The number of hydrogen-bond acceptors (Lipinski definition) is 2. The minimum atomic E-state index is 0.341. The van der Waals surface area contributed by atoms with E-state index in [0.717, 1.165) is 12.1 Å². The van der Waals surface area contributed by atoms with Gasteiger partial charge >= 0.3 is 0 Å². The smallest absolute Gasteiger partial charge is 0.0579 e. The Labute approximate surface area is 118 Å². The molecule has 0 bridgehead atoms. The van der Waals surface area contributed by atoms with Crippen LogP contribution in [0.3, 0.4) is 0 Å². The van der Waals surface area contributed by atoms with E-state index in [1.807, 2.05) is 12.1 Å². The van der Waals surface area contributed by atoms with E-state index in [0.29, 0.717) is 16.8 Å². The van der Waals surface area contributed by atoms with Crippen LogP contribution in [0.1, 0.15) is 30.0 Å². The van der Waals surface area contributed by atoms with Crippen LogP contribution in [0.4, 0.5) is 11.4 Å². The summed E-state index contributed by atoms with van der Waals surface area (Å²) >= 11 is 5.93. The van der Waals surface area contributed by atoms with E-state index in [-0.39, 0.29) is 0 Å². The van der Waals surface area contributed by atoms with Crippen molar-refractivity contribution in [2.45, 2.75) is 25.3 Å². The maximum absolute atomic E-state index is 6.01. The molecule has 0 aromatic heterocycles. The molecule has 1 aliphatic carbocycles. The standard InChI is InChI=1S/C16H17ClN2/c17-12-8-9-16(14(18)10-12)19-15-7-3-5-11-4-1-2-6-13(11)15/h1-2,4,6,8-10,15,19H,3,5,7,18H2. The van der Waals surface area contributed by atoms with Gasteiger partial charge in [-0.15, -0.1) is 0 Å². The van der Waals surface area contributed by atoms with Gasteiger partial charge in [0.05, 0.1) is 17.4 Å². The molecule has 3 N–H and O–H groups in total. The van der Waals surface area contributed by atoms with Gasteiger partial charge in [-0.3, -0.25) is 0 Å². The van der Waals surface area contributed by atoms with Crippen molar-refractivity contribution in [3.05, 3.63) is 58.6 Å². The average Bonchev–Trinajstić information content (AvgIpc) is 2.42. The van der Waals surface area contributed by atoms with Crippen molar-refractivity contribution in [3.8, 4) is 0 Å². The minimum Gasteiger partial charge on any atom is -0.397 e. The lowest BCUT2D eigenvalue weighted by atomic mass is 9.87. The Morgan fingerprint density at radius 2 is 2.00 bits per heavy atom. The summed E-state index contributed by atoms with van der Waals surface area (Å²) in [4.78, 5) is 0. The fourth-order valence-corrected chi connectivity index (χ4v) is 2.94. The number of fused-ring (bicyclic) bond motifs is 1. The van der Waals surface area contributed by atoms with Gasteiger partial charge in [-0.05, 0) is 48.6 Å². The number of nitrogens with one attached hydrogen (secondary N) is 1. The average molecular weight is 273 g/mol. The first-order valence-corrected chi connectivity index (χ1v) is 7.01. The zero-order valence-corrected chi connectivity index (χ0v) is 11.5. The second-order valence-corrected chi connectivity index (χ2v) is 5.46. The summed E-state index contributed by atoms with van der Waals surface area (Å²) in [7, 11) is 0. The normalized spacial score (nSPS) is 17.8. The topological polar surface area (TPSA) is 38.0 Å². The molecule has 0 aliphatic heterocycles. The van der Waals surface area contributed by atoms with E-state index < -0.39 is 0 Å². The van der Waals surface area contributed by atoms with Gasteiger partial charge in [0.25, 0.3) is 0 Å². The van der Waals surface area contributed by atoms with Crippen molar-refractivity contribution < 1.29 is 0 Å². The molecule has 0 heterocycles. The van der Waals surface area contributed by atoms with E-state index >= 15 is 0 Å². The Morgan fingerprint density at radius 1 is 1.16 bits per heavy atom. The molecular weight excluding hydrogens is 256 g/mol. The quantitative estimate of drug-likeness (QED) is 0.795. The van der Waals surface area contributed by atoms with Gasteiger partial charge in [0, 0.05) is 5.02 Å². The molecule has 0 saturated heterocycles. The molecule has 3 heteroatoms. The van der Waals surface area contributed by atoms with Crippen LogP contribution in [0.25, 0.3) is 0 Å². The predicted octanol–water partition coefficient (Wildman–Crippen LogP) is 4.41. The number of nitrogen functional groups attached to an aromatic ring is 1. The van der Waals surface area contributed by atoms with Crippen molar-refractivity contribution in [2.75, 3.05) is 11.1 Å². The van der Waals surface area contributed by atoms with Crippen LogP contribution < -0.4 is 11.1 Å². The minimum absolute atomic E-state index is 0.341. The van der Waals surface area contributed by atoms with Crippen molar-refractivity contribution in [3.63, 3.8) is 0 Å².